The van der Waals surface area contributed by atoms with Crippen LogP contribution in [0.4, 0.5) is 0 Å². The molecule has 0 atom stereocenters. The molecule has 1 amide bonds. The molecule has 3 rings (SSSR count). The molecule has 0 fully saturated rings. The molecule has 1 N–H and O–H groups in total. The standard InChI is InChI=1S/C28H34N2O2S/c1-30(2)18-9-8-17-29-28(31)24-13-10-12-23(21-24)27-16-7-6-11-25(27)22-33-20-19-32-26-14-4-3-5-15-26/h3-7,10-16,21H,8-9,17-20,22H2,1-2H3,(H,29,31). The van der Waals surface area contributed by atoms with E-state index in [1.807, 2.05) is 60.3 Å². The molecule has 0 aliphatic carbocycles. The van der Waals surface area contributed by atoms with Crippen molar-refractivity contribution in [2.24, 2.45) is 0 Å². The fraction of sp³-hybridized carbons (Fsp3) is 0.321. The van der Waals surface area contributed by atoms with E-state index in [4.69, 9.17) is 4.74 Å². The van der Waals surface area contributed by atoms with Crippen molar-refractivity contribution in [3.8, 4) is 16.9 Å². The summed E-state index contributed by atoms with van der Waals surface area (Å²) in [6, 6.07) is 26.3. The minimum Gasteiger partial charge on any atom is -0.493 e. The van der Waals surface area contributed by atoms with Gasteiger partial charge in [-0.2, -0.15) is 11.8 Å². The normalized spacial score (nSPS) is 10.9. The zero-order valence-corrected chi connectivity index (χ0v) is 20.4. The van der Waals surface area contributed by atoms with Crippen LogP contribution in [0.3, 0.4) is 0 Å². The fourth-order valence-electron chi connectivity index (χ4n) is 3.53. The van der Waals surface area contributed by atoms with Crippen molar-refractivity contribution < 1.29 is 9.53 Å². The van der Waals surface area contributed by atoms with Crippen LogP contribution in [-0.4, -0.2) is 50.4 Å². The molecular weight excluding hydrogens is 428 g/mol. The van der Waals surface area contributed by atoms with Gasteiger partial charge >= 0.3 is 0 Å². The van der Waals surface area contributed by atoms with E-state index in [1.165, 1.54) is 11.1 Å². The predicted molar refractivity (Wildman–Crippen MR) is 140 cm³/mol. The Bertz CT molecular complexity index is 992. The molecule has 174 valence electrons. The van der Waals surface area contributed by atoms with Crippen molar-refractivity contribution in [2.75, 3.05) is 39.5 Å². The Morgan fingerprint density at radius 3 is 2.55 bits per heavy atom. The van der Waals surface area contributed by atoms with Gasteiger partial charge in [0.15, 0.2) is 0 Å². The van der Waals surface area contributed by atoms with Crippen LogP contribution in [0, 0.1) is 0 Å². The summed E-state index contributed by atoms with van der Waals surface area (Å²) in [6.45, 7) is 2.43. The van der Waals surface area contributed by atoms with Gasteiger partial charge in [-0.15, -0.1) is 0 Å². The van der Waals surface area contributed by atoms with Crippen molar-refractivity contribution in [1.82, 2.24) is 10.2 Å². The van der Waals surface area contributed by atoms with Crippen LogP contribution in [0.1, 0.15) is 28.8 Å². The van der Waals surface area contributed by atoms with Crippen LogP contribution in [0.15, 0.2) is 78.9 Å². The highest BCUT2D eigenvalue weighted by Crippen LogP contribution is 2.27. The Morgan fingerprint density at radius 2 is 1.73 bits per heavy atom. The summed E-state index contributed by atoms with van der Waals surface area (Å²) in [5.74, 6) is 2.72. The molecule has 0 bridgehead atoms. The number of rotatable bonds is 13. The number of carbonyl (C=O) groups excluding carboxylic acids is 1. The number of ether oxygens (including phenoxy) is 1. The molecule has 0 saturated carbocycles. The second-order valence-electron chi connectivity index (χ2n) is 8.22. The first kappa shape index (κ1) is 24.9. The lowest BCUT2D eigenvalue weighted by Gasteiger charge is -2.12. The number of para-hydroxylation sites is 1. The summed E-state index contributed by atoms with van der Waals surface area (Å²) in [6.07, 6.45) is 2.06. The number of thioether (sulfide) groups is 1. The van der Waals surface area contributed by atoms with Crippen molar-refractivity contribution in [3.05, 3.63) is 90.0 Å². The molecule has 33 heavy (non-hydrogen) atoms. The Kier molecular flexibility index (Phi) is 10.3. The summed E-state index contributed by atoms with van der Waals surface area (Å²) in [7, 11) is 4.14. The monoisotopic (exact) mass is 462 g/mol. The smallest absolute Gasteiger partial charge is 0.251 e. The molecule has 4 nitrogen and oxygen atoms in total. The van der Waals surface area contributed by atoms with Crippen molar-refractivity contribution in [3.63, 3.8) is 0 Å². The Balaban J connectivity index is 1.53. The molecule has 0 radical (unpaired) electrons. The van der Waals surface area contributed by atoms with Crippen molar-refractivity contribution in [1.29, 1.82) is 0 Å². The molecule has 5 heteroatoms. The quantitative estimate of drug-likeness (QED) is 0.329. The number of benzene rings is 3. The van der Waals surface area contributed by atoms with E-state index in [0.717, 1.165) is 42.2 Å². The van der Waals surface area contributed by atoms with E-state index in [9.17, 15) is 4.79 Å². The molecule has 0 aromatic heterocycles. The van der Waals surface area contributed by atoms with Crippen molar-refractivity contribution >= 4 is 17.7 Å². The number of nitrogens with one attached hydrogen (secondary N) is 1. The summed E-state index contributed by atoms with van der Waals surface area (Å²) in [5, 5.41) is 3.05. The minimum atomic E-state index is -0.00776. The van der Waals surface area contributed by atoms with Gasteiger partial charge in [0.05, 0.1) is 6.61 Å². The van der Waals surface area contributed by atoms with Gasteiger partial charge in [-0.1, -0.05) is 54.6 Å². The average Bonchev–Trinajstić information content (AvgIpc) is 2.84. The summed E-state index contributed by atoms with van der Waals surface area (Å²) < 4.78 is 5.79. The molecule has 3 aromatic rings. The SMILES string of the molecule is CN(C)CCCCNC(=O)c1cccc(-c2ccccc2CSCCOc2ccccc2)c1. The third-order valence-corrected chi connectivity index (χ3v) is 6.24. The maximum absolute atomic E-state index is 12.6. The van der Waals surface area contributed by atoms with Gasteiger partial charge in [0.2, 0.25) is 0 Å². The van der Waals surface area contributed by atoms with Gasteiger partial charge in [0, 0.05) is 23.6 Å². The highest BCUT2D eigenvalue weighted by molar-refractivity contribution is 7.98. The van der Waals surface area contributed by atoms with E-state index in [1.54, 1.807) is 0 Å². The van der Waals surface area contributed by atoms with Gasteiger partial charge in [-0.05, 0) is 74.4 Å². The van der Waals surface area contributed by atoms with Crippen LogP contribution in [-0.2, 0) is 5.75 Å². The van der Waals surface area contributed by atoms with Gasteiger partial charge in [0.1, 0.15) is 5.75 Å². The first-order valence-electron chi connectivity index (χ1n) is 11.5. The van der Waals surface area contributed by atoms with E-state index in [2.05, 4.69) is 54.6 Å². The predicted octanol–water partition coefficient (Wildman–Crippen LogP) is 5.74. The Hall–Kier alpha value is -2.76. The first-order chi connectivity index (χ1) is 16.1. The average molecular weight is 463 g/mol. The van der Waals surface area contributed by atoms with Crippen LogP contribution >= 0.6 is 11.8 Å². The lowest BCUT2D eigenvalue weighted by molar-refractivity contribution is 0.0953. The minimum absolute atomic E-state index is 0.00776. The summed E-state index contributed by atoms with van der Waals surface area (Å²) in [4.78, 5) is 14.8. The number of hydrogen-bond donors (Lipinski definition) is 1. The molecule has 0 saturated heterocycles. The largest absolute Gasteiger partial charge is 0.493 e. The zero-order valence-electron chi connectivity index (χ0n) is 19.6. The molecule has 0 aliphatic rings. The third kappa shape index (κ3) is 8.60. The molecule has 0 heterocycles. The first-order valence-corrected chi connectivity index (χ1v) is 12.7. The van der Waals surface area contributed by atoms with Gasteiger partial charge in [-0.25, -0.2) is 0 Å². The number of nitrogens with zero attached hydrogens (tertiary/aromatic N) is 1. The maximum atomic E-state index is 12.6. The Morgan fingerprint density at radius 1 is 0.939 bits per heavy atom. The summed E-state index contributed by atoms with van der Waals surface area (Å²) in [5.41, 5.74) is 4.23. The van der Waals surface area contributed by atoms with Crippen LogP contribution in [0.5, 0.6) is 5.75 Å². The molecule has 0 spiro atoms. The van der Waals surface area contributed by atoms with Crippen LogP contribution in [0.2, 0.25) is 0 Å². The zero-order chi connectivity index (χ0) is 23.3. The van der Waals surface area contributed by atoms with E-state index in [0.29, 0.717) is 18.7 Å². The number of amides is 1. The van der Waals surface area contributed by atoms with Crippen molar-refractivity contribution in [2.45, 2.75) is 18.6 Å². The van der Waals surface area contributed by atoms with E-state index in [-0.39, 0.29) is 5.91 Å². The van der Waals surface area contributed by atoms with Gasteiger partial charge < -0.3 is 15.0 Å². The summed E-state index contributed by atoms with van der Waals surface area (Å²) >= 11 is 1.85. The third-order valence-electron chi connectivity index (χ3n) is 5.27. The number of unbranched alkanes of at least 4 members (excludes halogenated alkanes) is 1. The fourth-order valence-corrected chi connectivity index (χ4v) is 4.35. The molecule has 0 unspecified atom stereocenters. The Labute approximate surface area is 202 Å². The second-order valence-corrected chi connectivity index (χ2v) is 9.32. The molecule has 0 aliphatic heterocycles. The highest BCUT2D eigenvalue weighted by atomic mass is 32.2. The van der Waals surface area contributed by atoms with E-state index >= 15 is 0 Å². The maximum Gasteiger partial charge on any atom is 0.251 e. The molecular formula is C28H34N2O2S. The highest BCUT2D eigenvalue weighted by Gasteiger charge is 2.09. The molecule has 3 aromatic carbocycles. The lowest BCUT2D eigenvalue weighted by Crippen LogP contribution is -2.25. The second kappa shape index (κ2) is 13.7. The van der Waals surface area contributed by atoms with E-state index < -0.39 is 0 Å². The topological polar surface area (TPSA) is 41.6 Å². The number of carbonyl (C=O) groups is 1. The number of hydrogen-bond acceptors (Lipinski definition) is 4. The van der Waals surface area contributed by atoms with Crippen LogP contribution in [0.25, 0.3) is 11.1 Å². The lowest BCUT2D eigenvalue weighted by atomic mass is 9.98. The van der Waals surface area contributed by atoms with Gasteiger partial charge in [0.25, 0.3) is 5.91 Å². The van der Waals surface area contributed by atoms with Crippen LogP contribution < -0.4 is 10.1 Å². The van der Waals surface area contributed by atoms with Gasteiger partial charge in [-0.3, -0.25) is 4.79 Å².